The highest BCUT2D eigenvalue weighted by molar-refractivity contribution is 7.54. The summed E-state index contributed by atoms with van der Waals surface area (Å²) in [6, 6.07) is 6.14. The van der Waals surface area contributed by atoms with E-state index in [0.29, 0.717) is 0 Å². The van der Waals surface area contributed by atoms with Gasteiger partial charge in [0.25, 0.3) is 0 Å². The lowest BCUT2D eigenvalue weighted by Crippen LogP contribution is -2.18. The maximum absolute atomic E-state index is 12.1. The van der Waals surface area contributed by atoms with Crippen LogP contribution < -0.4 is 10.2 Å². The van der Waals surface area contributed by atoms with Crippen LogP contribution in [-0.2, 0) is 4.57 Å². The molecular formula is C12H19NOP+. The third kappa shape index (κ3) is 2.79. The van der Waals surface area contributed by atoms with Gasteiger partial charge in [-0.25, -0.2) is 0 Å². The Bertz CT molecular complexity index is 372. The van der Waals surface area contributed by atoms with Crippen LogP contribution in [0.4, 0.5) is 5.69 Å². The smallest absolute Gasteiger partial charge is 0.374 e. The van der Waals surface area contributed by atoms with Crippen molar-refractivity contribution in [1.29, 1.82) is 0 Å². The molecule has 0 bridgehead atoms. The normalized spacial score (nSPS) is 11.7. The van der Waals surface area contributed by atoms with Crippen LogP contribution in [0.1, 0.15) is 19.4 Å². The first-order chi connectivity index (χ1) is 6.93. The number of hydrogen-bond acceptors (Lipinski definition) is 2. The van der Waals surface area contributed by atoms with Crippen LogP contribution in [0.5, 0.6) is 0 Å². The molecule has 1 rings (SSSR count). The van der Waals surface area contributed by atoms with Gasteiger partial charge in [0.05, 0.1) is 5.69 Å². The summed E-state index contributed by atoms with van der Waals surface area (Å²) < 4.78 is 12.1. The summed E-state index contributed by atoms with van der Waals surface area (Å²) >= 11 is 0. The minimum atomic E-state index is -1.30. The number of hydrogen-bond donors (Lipinski definition) is 0. The van der Waals surface area contributed by atoms with Crippen molar-refractivity contribution in [3.05, 3.63) is 23.8 Å². The van der Waals surface area contributed by atoms with Gasteiger partial charge in [-0.1, -0.05) is 10.6 Å². The SMILES string of the molecule is Cc1ccc(N(C)C)c([P+](=O)C(C)C)c1. The van der Waals surface area contributed by atoms with E-state index in [9.17, 15) is 4.57 Å². The van der Waals surface area contributed by atoms with E-state index in [1.165, 1.54) is 5.56 Å². The van der Waals surface area contributed by atoms with Crippen LogP contribution in [0.3, 0.4) is 0 Å². The Morgan fingerprint density at radius 2 is 1.87 bits per heavy atom. The molecule has 0 aliphatic rings. The second-order valence-electron chi connectivity index (χ2n) is 4.31. The van der Waals surface area contributed by atoms with Crippen molar-refractivity contribution in [3.63, 3.8) is 0 Å². The number of nitrogens with zero attached hydrogens (tertiary/aromatic N) is 1. The highest BCUT2D eigenvalue weighted by Gasteiger charge is 2.28. The summed E-state index contributed by atoms with van der Waals surface area (Å²) in [5, 5.41) is 0.977. The molecule has 0 spiro atoms. The summed E-state index contributed by atoms with van der Waals surface area (Å²) in [5.74, 6) is 0. The standard InChI is InChI=1S/C12H19NOP/c1-9(2)15(14)12-8-10(3)6-7-11(12)13(4)5/h6-9H,1-5H3/q+1. The topological polar surface area (TPSA) is 20.3 Å². The molecule has 0 aliphatic carbocycles. The zero-order valence-electron chi connectivity index (χ0n) is 10.1. The summed E-state index contributed by atoms with van der Waals surface area (Å²) in [6.07, 6.45) is 0. The quantitative estimate of drug-likeness (QED) is 0.736. The Kier molecular flexibility index (Phi) is 3.87. The molecule has 1 unspecified atom stereocenters. The molecule has 0 N–H and O–H groups in total. The molecule has 0 fully saturated rings. The lowest BCUT2D eigenvalue weighted by molar-refractivity contribution is 0.588. The van der Waals surface area contributed by atoms with Crippen molar-refractivity contribution in [2.75, 3.05) is 19.0 Å². The monoisotopic (exact) mass is 224 g/mol. The van der Waals surface area contributed by atoms with E-state index in [1.54, 1.807) is 0 Å². The molecule has 0 saturated heterocycles. The van der Waals surface area contributed by atoms with Crippen molar-refractivity contribution in [2.45, 2.75) is 26.4 Å². The molecule has 0 saturated carbocycles. The minimum Gasteiger partial charge on any atom is -0.374 e. The molecule has 3 heteroatoms. The predicted molar refractivity (Wildman–Crippen MR) is 67.9 cm³/mol. The van der Waals surface area contributed by atoms with Gasteiger partial charge in [-0.05, 0) is 38.5 Å². The van der Waals surface area contributed by atoms with Crippen LogP contribution in [0.25, 0.3) is 0 Å². The van der Waals surface area contributed by atoms with Gasteiger partial charge in [0, 0.05) is 14.1 Å². The van der Waals surface area contributed by atoms with Crippen LogP contribution in [0.15, 0.2) is 18.2 Å². The molecule has 82 valence electrons. The molecule has 1 aromatic rings. The number of rotatable bonds is 3. The number of benzene rings is 1. The van der Waals surface area contributed by atoms with E-state index in [0.717, 1.165) is 11.0 Å². The first-order valence-corrected chi connectivity index (χ1v) is 6.50. The molecule has 1 atom stereocenters. The van der Waals surface area contributed by atoms with Gasteiger partial charge in [-0.3, -0.25) is 0 Å². The summed E-state index contributed by atoms with van der Waals surface area (Å²) in [7, 11) is 2.67. The van der Waals surface area contributed by atoms with Gasteiger partial charge in [0.1, 0.15) is 0 Å². The van der Waals surface area contributed by atoms with E-state index < -0.39 is 7.80 Å². The number of anilines is 1. The second kappa shape index (κ2) is 4.76. The molecule has 0 heterocycles. The Morgan fingerprint density at radius 3 is 2.33 bits per heavy atom. The van der Waals surface area contributed by atoms with Gasteiger partial charge in [-0.2, -0.15) is 0 Å². The van der Waals surface area contributed by atoms with E-state index in [1.807, 2.05) is 51.9 Å². The fourth-order valence-electron chi connectivity index (χ4n) is 1.47. The summed E-state index contributed by atoms with van der Waals surface area (Å²) in [5.41, 5.74) is 2.43. The zero-order chi connectivity index (χ0) is 11.6. The first-order valence-electron chi connectivity index (χ1n) is 5.18. The van der Waals surface area contributed by atoms with Crippen molar-refractivity contribution in [1.82, 2.24) is 0 Å². The summed E-state index contributed by atoms with van der Waals surface area (Å²) in [4.78, 5) is 2.02. The van der Waals surface area contributed by atoms with Gasteiger partial charge in [0.2, 0.25) is 5.30 Å². The Hall–Kier alpha value is -0.880. The predicted octanol–water partition coefficient (Wildman–Crippen LogP) is 2.92. The first kappa shape index (κ1) is 12.2. The van der Waals surface area contributed by atoms with Gasteiger partial charge in [-0.15, -0.1) is 0 Å². The zero-order valence-corrected chi connectivity index (χ0v) is 11.0. The highest BCUT2D eigenvalue weighted by atomic mass is 31.1. The molecule has 0 radical (unpaired) electrons. The molecule has 1 aromatic carbocycles. The largest absolute Gasteiger partial charge is 0.381 e. The third-order valence-electron chi connectivity index (χ3n) is 2.32. The van der Waals surface area contributed by atoms with Crippen molar-refractivity contribution >= 4 is 18.8 Å². The van der Waals surface area contributed by atoms with E-state index in [-0.39, 0.29) is 5.66 Å². The Morgan fingerprint density at radius 1 is 1.27 bits per heavy atom. The van der Waals surface area contributed by atoms with Crippen molar-refractivity contribution in [2.24, 2.45) is 0 Å². The maximum atomic E-state index is 12.1. The lowest BCUT2D eigenvalue weighted by Gasteiger charge is -2.13. The fourth-order valence-corrected chi connectivity index (χ4v) is 2.85. The summed E-state index contributed by atoms with van der Waals surface area (Å²) in [6.45, 7) is 6.04. The molecule has 0 aromatic heterocycles. The van der Waals surface area contributed by atoms with Crippen LogP contribution in [0, 0.1) is 6.92 Å². The van der Waals surface area contributed by atoms with Crippen LogP contribution in [-0.4, -0.2) is 19.8 Å². The van der Waals surface area contributed by atoms with E-state index >= 15 is 0 Å². The average Bonchev–Trinajstić information content (AvgIpc) is 2.15. The highest BCUT2D eigenvalue weighted by Crippen LogP contribution is 2.31. The molecular weight excluding hydrogens is 205 g/mol. The third-order valence-corrected chi connectivity index (χ3v) is 4.09. The second-order valence-corrected chi connectivity index (χ2v) is 6.47. The molecule has 15 heavy (non-hydrogen) atoms. The van der Waals surface area contributed by atoms with Crippen LogP contribution >= 0.6 is 7.80 Å². The number of aryl methyl sites for hydroxylation is 1. The maximum Gasteiger partial charge on any atom is 0.381 e. The van der Waals surface area contributed by atoms with Gasteiger partial charge in [0.15, 0.2) is 5.66 Å². The average molecular weight is 224 g/mol. The molecule has 0 amide bonds. The van der Waals surface area contributed by atoms with Gasteiger partial charge >= 0.3 is 7.80 Å². The van der Waals surface area contributed by atoms with Crippen molar-refractivity contribution < 1.29 is 4.57 Å². The van der Waals surface area contributed by atoms with Crippen LogP contribution in [0.2, 0.25) is 0 Å². The van der Waals surface area contributed by atoms with E-state index in [2.05, 4.69) is 6.07 Å². The van der Waals surface area contributed by atoms with E-state index in [4.69, 9.17) is 0 Å². The molecule has 2 nitrogen and oxygen atoms in total. The fraction of sp³-hybridized carbons (Fsp3) is 0.500. The molecule has 0 aliphatic heterocycles. The Labute approximate surface area is 93.1 Å². The minimum absolute atomic E-state index is 0.195. The van der Waals surface area contributed by atoms with Crippen molar-refractivity contribution in [3.8, 4) is 0 Å². The lowest BCUT2D eigenvalue weighted by atomic mass is 10.2. The van der Waals surface area contributed by atoms with Gasteiger partial charge < -0.3 is 4.90 Å². The Balaban J connectivity index is 3.24.